The molecule has 0 spiro atoms. The van der Waals surface area contributed by atoms with Crippen LogP contribution < -0.4 is 15.0 Å². The van der Waals surface area contributed by atoms with E-state index >= 15 is 0 Å². The Kier molecular flexibility index (Phi) is 4.90. The molecule has 29 heavy (non-hydrogen) atoms. The van der Waals surface area contributed by atoms with Gasteiger partial charge in [0.15, 0.2) is 0 Å². The molecule has 3 aromatic rings. The summed E-state index contributed by atoms with van der Waals surface area (Å²) in [6, 6.07) is 18.4. The van der Waals surface area contributed by atoms with E-state index in [1.807, 2.05) is 0 Å². The number of nitrogens with one attached hydrogen (secondary N) is 1. The Morgan fingerprint density at radius 2 is 1.62 bits per heavy atom. The molecule has 0 radical (unpaired) electrons. The minimum Gasteiger partial charge on any atom is -0.496 e. The van der Waals surface area contributed by atoms with Crippen molar-refractivity contribution in [2.24, 2.45) is 0 Å². The number of nitrogens with zero attached hydrogens (tertiary/aromatic N) is 1. The largest absolute Gasteiger partial charge is 0.496 e. The van der Waals surface area contributed by atoms with Crippen molar-refractivity contribution < 1.29 is 19.1 Å². The van der Waals surface area contributed by atoms with E-state index in [1.54, 1.807) is 66.7 Å². The number of anilines is 2. The van der Waals surface area contributed by atoms with Crippen molar-refractivity contribution in [3.05, 3.63) is 87.9 Å². The Morgan fingerprint density at radius 1 is 0.931 bits per heavy atom. The maximum absolute atomic E-state index is 12.7. The maximum Gasteiger partial charge on any atom is 0.266 e. The molecule has 6 nitrogen and oxygen atoms in total. The molecule has 3 aromatic carbocycles. The molecular weight excluding hydrogens is 436 g/mol. The van der Waals surface area contributed by atoms with Crippen LogP contribution in [0.4, 0.5) is 11.4 Å². The summed E-state index contributed by atoms with van der Waals surface area (Å²) in [6.45, 7) is 0. The van der Waals surface area contributed by atoms with Crippen LogP contribution in [0.25, 0.3) is 0 Å². The van der Waals surface area contributed by atoms with Crippen LogP contribution >= 0.6 is 15.9 Å². The summed E-state index contributed by atoms with van der Waals surface area (Å²) in [4.78, 5) is 39.2. The van der Waals surface area contributed by atoms with Gasteiger partial charge in [-0.1, -0.05) is 34.1 Å². The van der Waals surface area contributed by atoms with Crippen LogP contribution in [0.1, 0.15) is 31.1 Å². The molecule has 0 saturated carbocycles. The summed E-state index contributed by atoms with van der Waals surface area (Å²) >= 11 is 3.35. The van der Waals surface area contributed by atoms with Crippen LogP contribution in [0.2, 0.25) is 0 Å². The highest BCUT2D eigenvalue weighted by Gasteiger charge is 2.36. The normalized spacial score (nSPS) is 12.7. The van der Waals surface area contributed by atoms with Gasteiger partial charge >= 0.3 is 0 Å². The molecule has 3 amide bonds. The molecule has 144 valence electrons. The number of rotatable bonds is 4. The smallest absolute Gasteiger partial charge is 0.266 e. The van der Waals surface area contributed by atoms with Crippen LogP contribution in [0.15, 0.2) is 71.2 Å². The predicted octanol–water partition coefficient (Wildman–Crippen LogP) is 4.51. The van der Waals surface area contributed by atoms with E-state index in [0.717, 1.165) is 9.37 Å². The number of hydrogen-bond acceptors (Lipinski definition) is 4. The molecule has 1 heterocycles. The zero-order valence-corrected chi connectivity index (χ0v) is 16.9. The van der Waals surface area contributed by atoms with E-state index in [1.165, 1.54) is 7.11 Å². The average molecular weight is 451 g/mol. The van der Waals surface area contributed by atoms with Gasteiger partial charge in [0.05, 0.1) is 29.5 Å². The first-order valence-electron chi connectivity index (χ1n) is 8.72. The molecule has 0 aliphatic carbocycles. The predicted molar refractivity (Wildman–Crippen MR) is 113 cm³/mol. The van der Waals surface area contributed by atoms with Gasteiger partial charge in [-0.25, -0.2) is 4.90 Å². The maximum atomic E-state index is 12.7. The van der Waals surface area contributed by atoms with Gasteiger partial charge in [0, 0.05) is 10.2 Å². The van der Waals surface area contributed by atoms with Gasteiger partial charge in [0.1, 0.15) is 5.75 Å². The highest BCUT2D eigenvalue weighted by Crippen LogP contribution is 2.30. The van der Waals surface area contributed by atoms with Crippen LogP contribution in [0.3, 0.4) is 0 Å². The first-order chi connectivity index (χ1) is 14.0. The molecule has 1 aliphatic heterocycles. The van der Waals surface area contributed by atoms with E-state index < -0.39 is 0 Å². The van der Waals surface area contributed by atoms with Crippen molar-refractivity contribution in [3.8, 4) is 5.75 Å². The van der Waals surface area contributed by atoms with E-state index in [2.05, 4.69) is 21.2 Å². The molecule has 1 aliphatic rings. The van der Waals surface area contributed by atoms with Gasteiger partial charge in [0.2, 0.25) is 0 Å². The summed E-state index contributed by atoms with van der Waals surface area (Å²) in [7, 11) is 1.49. The third-order valence-electron chi connectivity index (χ3n) is 4.56. The fraction of sp³-hybridized carbons (Fsp3) is 0.0455. The first-order valence-corrected chi connectivity index (χ1v) is 9.51. The van der Waals surface area contributed by atoms with E-state index in [4.69, 9.17) is 4.74 Å². The molecule has 0 saturated heterocycles. The number of fused-ring (bicyclic) bond motifs is 1. The highest BCUT2D eigenvalue weighted by atomic mass is 79.9. The number of ether oxygens (including phenoxy) is 1. The second-order valence-corrected chi connectivity index (χ2v) is 7.26. The third-order valence-corrected chi connectivity index (χ3v) is 5.06. The molecule has 0 atom stereocenters. The molecule has 0 bridgehead atoms. The number of benzene rings is 3. The second kappa shape index (κ2) is 7.52. The quantitative estimate of drug-likeness (QED) is 0.593. The van der Waals surface area contributed by atoms with Gasteiger partial charge in [-0.2, -0.15) is 0 Å². The molecule has 7 heteroatoms. The summed E-state index contributed by atoms with van der Waals surface area (Å²) < 4.78 is 5.99. The van der Waals surface area contributed by atoms with Crippen molar-refractivity contribution >= 4 is 45.0 Å². The standard InChI is InChI=1S/C22H15BrN2O4/c1-29-19-10-9-13(23)11-18(19)20(26)24-14-5-4-6-15(12-14)25-21(27)16-7-2-3-8-17(16)22(25)28/h2-12H,1H3,(H,24,26). The Labute approximate surface area is 175 Å². The molecule has 0 fully saturated rings. The number of carbonyl (C=O) groups is 3. The number of methoxy groups -OCH3 is 1. The Morgan fingerprint density at radius 3 is 2.28 bits per heavy atom. The minimum atomic E-state index is -0.386. The topological polar surface area (TPSA) is 75.7 Å². The zero-order chi connectivity index (χ0) is 20.5. The van der Waals surface area contributed by atoms with Crippen molar-refractivity contribution in [1.82, 2.24) is 0 Å². The second-order valence-electron chi connectivity index (χ2n) is 6.34. The third kappa shape index (κ3) is 3.40. The molecular formula is C22H15BrN2O4. The Hall–Kier alpha value is -3.45. The number of carbonyl (C=O) groups excluding carboxylic acids is 3. The average Bonchev–Trinajstić information content (AvgIpc) is 2.99. The molecule has 0 unspecified atom stereocenters. The number of hydrogen-bond donors (Lipinski definition) is 1. The highest BCUT2D eigenvalue weighted by molar-refractivity contribution is 9.10. The van der Waals surface area contributed by atoms with E-state index in [-0.39, 0.29) is 17.7 Å². The summed E-state index contributed by atoms with van der Waals surface area (Å²) in [5.74, 6) is -0.713. The lowest BCUT2D eigenvalue weighted by Crippen LogP contribution is -2.29. The Bertz CT molecular complexity index is 1120. The van der Waals surface area contributed by atoms with Gasteiger partial charge < -0.3 is 10.1 Å². The lowest BCUT2D eigenvalue weighted by molar-refractivity contribution is 0.0925. The summed E-state index contributed by atoms with van der Waals surface area (Å²) in [5, 5.41) is 2.79. The summed E-state index contributed by atoms with van der Waals surface area (Å²) in [6.07, 6.45) is 0. The SMILES string of the molecule is COc1ccc(Br)cc1C(=O)Nc1cccc(N2C(=O)c3ccccc3C2=O)c1. The van der Waals surface area contributed by atoms with Crippen molar-refractivity contribution in [3.63, 3.8) is 0 Å². The van der Waals surface area contributed by atoms with Crippen LogP contribution in [-0.2, 0) is 0 Å². The first kappa shape index (κ1) is 18.9. The molecule has 0 aromatic heterocycles. The number of halogens is 1. The fourth-order valence-corrected chi connectivity index (χ4v) is 3.56. The van der Waals surface area contributed by atoms with Gasteiger partial charge in [-0.3, -0.25) is 14.4 Å². The lowest BCUT2D eigenvalue weighted by Gasteiger charge is -2.16. The number of amides is 3. The van der Waals surface area contributed by atoms with E-state index in [0.29, 0.717) is 33.8 Å². The number of imide groups is 1. The Balaban J connectivity index is 1.62. The van der Waals surface area contributed by atoms with Crippen molar-refractivity contribution in [2.45, 2.75) is 0 Å². The van der Waals surface area contributed by atoms with E-state index in [9.17, 15) is 14.4 Å². The van der Waals surface area contributed by atoms with Gasteiger partial charge in [0.25, 0.3) is 17.7 Å². The fourth-order valence-electron chi connectivity index (χ4n) is 3.20. The lowest BCUT2D eigenvalue weighted by atomic mass is 10.1. The van der Waals surface area contributed by atoms with Crippen molar-refractivity contribution in [2.75, 3.05) is 17.3 Å². The summed E-state index contributed by atoms with van der Waals surface area (Å²) in [5.41, 5.74) is 1.92. The monoisotopic (exact) mass is 450 g/mol. The van der Waals surface area contributed by atoms with Crippen LogP contribution in [0.5, 0.6) is 5.75 Å². The molecule has 4 rings (SSSR count). The molecule has 1 N–H and O–H groups in total. The van der Waals surface area contributed by atoms with Gasteiger partial charge in [-0.05, 0) is 48.5 Å². The van der Waals surface area contributed by atoms with Crippen LogP contribution in [0, 0.1) is 0 Å². The zero-order valence-electron chi connectivity index (χ0n) is 15.3. The minimum absolute atomic E-state index is 0.355. The van der Waals surface area contributed by atoms with Crippen LogP contribution in [-0.4, -0.2) is 24.8 Å². The van der Waals surface area contributed by atoms with Crippen molar-refractivity contribution in [1.29, 1.82) is 0 Å². The van der Waals surface area contributed by atoms with Gasteiger partial charge in [-0.15, -0.1) is 0 Å².